The predicted octanol–water partition coefficient (Wildman–Crippen LogP) is 2.07. The summed E-state index contributed by atoms with van der Waals surface area (Å²) in [5.74, 6) is -0.356. The summed E-state index contributed by atoms with van der Waals surface area (Å²) >= 11 is 5.92. The van der Waals surface area contributed by atoms with E-state index in [0.29, 0.717) is 10.8 Å². The van der Waals surface area contributed by atoms with E-state index >= 15 is 0 Å². The molecule has 1 rings (SSSR count). The normalized spacial score (nSPS) is 12.6. The summed E-state index contributed by atoms with van der Waals surface area (Å²) in [6.45, 7) is 3.25. The van der Waals surface area contributed by atoms with Crippen molar-refractivity contribution in [3.63, 3.8) is 0 Å². The van der Waals surface area contributed by atoms with Crippen LogP contribution >= 0.6 is 11.6 Å². The van der Waals surface area contributed by atoms with Gasteiger partial charge in [0.2, 0.25) is 10.0 Å². The van der Waals surface area contributed by atoms with Gasteiger partial charge in [0.15, 0.2) is 0 Å². The van der Waals surface area contributed by atoms with Crippen molar-refractivity contribution in [3.8, 4) is 5.75 Å². The molecule has 0 heterocycles. The molecule has 0 aromatic heterocycles. The van der Waals surface area contributed by atoms with Crippen LogP contribution in [0.3, 0.4) is 0 Å². The number of rotatable bonds is 6. The summed E-state index contributed by atoms with van der Waals surface area (Å²) in [4.78, 5) is 11.9. The van der Waals surface area contributed by atoms with E-state index in [1.807, 2.05) is 0 Å². The summed E-state index contributed by atoms with van der Waals surface area (Å²) in [5.41, 5.74) is 0.188. The molecule has 0 amide bonds. The molecule has 0 bridgehead atoms. The Balaban J connectivity index is 3.40. The zero-order valence-corrected chi connectivity index (χ0v) is 13.9. The predicted molar refractivity (Wildman–Crippen MR) is 81.4 cm³/mol. The number of ether oxygens (including phenoxy) is 2. The van der Waals surface area contributed by atoms with Crippen LogP contribution < -0.4 is 9.04 Å². The van der Waals surface area contributed by atoms with Crippen LogP contribution in [0.5, 0.6) is 5.75 Å². The lowest BCUT2D eigenvalue weighted by Gasteiger charge is -2.28. The minimum Gasteiger partial charge on any atom is -0.495 e. The minimum atomic E-state index is -3.74. The molecule has 0 aliphatic heterocycles. The molecule has 0 N–H and O–H groups in total. The summed E-state index contributed by atoms with van der Waals surface area (Å²) in [6.07, 6.45) is 1.00. The highest BCUT2D eigenvalue weighted by Gasteiger charge is 2.32. The third-order valence-corrected chi connectivity index (χ3v) is 4.18. The van der Waals surface area contributed by atoms with Crippen molar-refractivity contribution >= 4 is 33.3 Å². The van der Waals surface area contributed by atoms with Gasteiger partial charge in [-0.15, -0.1) is 0 Å². The Kier molecular flexibility index (Phi) is 5.86. The maximum absolute atomic E-state index is 12.1. The van der Waals surface area contributed by atoms with Gasteiger partial charge in [0.1, 0.15) is 11.8 Å². The minimum absolute atomic E-state index is 0.160. The van der Waals surface area contributed by atoms with Gasteiger partial charge in [-0.05, 0) is 32.0 Å². The number of sulfonamides is 1. The molecule has 0 spiro atoms. The molecular weight excluding hydrogens is 318 g/mol. The Hall–Kier alpha value is -1.47. The molecule has 0 aliphatic rings. The van der Waals surface area contributed by atoms with Gasteiger partial charge in [0, 0.05) is 5.02 Å². The highest BCUT2D eigenvalue weighted by Crippen LogP contribution is 2.34. The molecule has 21 heavy (non-hydrogen) atoms. The van der Waals surface area contributed by atoms with Gasteiger partial charge in [-0.2, -0.15) is 0 Å². The van der Waals surface area contributed by atoms with Gasteiger partial charge in [0.05, 0.1) is 25.7 Å². The van der Waals surface area contributed by atoms with Gasteiger partial charge in [-0.1, -0.05) is 11.6 Å². The largest absolute Gasteiger partial charge is 0.495 e. The van der Waals surface area contributed by atoms with Crippen LogP contribution in [0.15, 0.2) is 18.2 Å². The SMILES string of the molecule is CCOC(=O)[C@H](C)N(c1cc(Cl)ccc1OC)S(C)(=O)=O. The summed E-state index contributed by atoms with van der Waals surface area (Å²) in [7, 11) is -2.33. The monoisotopic (exact) mass is 335 g/mol. The number of nitrogens with zero attached hydrogens (tertiary/aromatic N) is 1. The Labute approximate surface area is 129 Å². The number of carbonyl (C=O) groups is 1. The van der Waals surface area contributed by atoms with Crippen LogP contribution in [-0.4, -0.2) is 40.4 Å². The van der Waals surface area contributed by atoms with Gasteiger partial charge < -0.3 is 9.47 Å². The Bertz CT molecular complexity index is 617. The highest BCUT2D eigenvalue weighted by molar-refractivity contribution is 7.92. The van der Waals surface area contributed by atoms with Crippen molar-refractivity contribution in [1.29, 1.82) is 0 Å². The highest BCUT2D eigenvalue weighted by atomic mass is 35.5. The molecular formula is C13H18ClNO5S. The maximum atomic E-state index is 12.1. The first-order valence-corrected chi connectivity index (χ1v) is 8.44. The Morgan fingerprint density at radius 3 is 2.52 bits per heavy atom. The third-order valence-electron chi connectivity index (χ3n) is 2.72. The Morgan fingerprint density at radius 1 is 1.43 bits per heavy atom. The zero-order chi connectivity index (χ0) is 16.2. The average molecular weight is 336 g/mol. The number of halogens is 1. The van der Waals surface area contributed by atoms with Crippen molar-refractivity contribution in [3.05, 3.63) is 23.2 Å². The van der Waals surface area contributed by atoms with Gasteiger partial charge in [-0.3, -0.25) is 4.31 Å². The molecule has 0 fully saturated rings. The number of esters is 1. The van der Waals surface area contributed by atoms with Crippen LogP contribution in [0.4, 0.5) is 5.69 Å². The molecule has 6 nitrogen and oxygen atoms in total. The molecule has 0 saturated heterocycles. The number of hydrogen-bond acceptors (Lipinski definition) is 5. The fraction of sp³-hybridized carbons (Fsp3) is 0.462. The van der Waals surface area contributed by atoms with Crippen LogP contribution in [-0.2, 0) is 19.6 Å². The zero-order valence-electron chi connectivity index (χ0n) is 12.3. The number of anilines is 1. The molecule has 0 radical (unpaired) electrons. The molecule has 118 valence electrons. The Morgan fingerprint density at radius 2 is 2.05 bits per heavy atom. The summed E-state index contributed by atoms with van der Waals surface area (Å²) in [6, 6.07) is 3.50. The second-order valence-corrected chi connectivity index (χ2v) is 6.60. The average Bonchev–Trinajstić information content (AvgIpc) is 2.37. The fourth-order valence-electron chi connectivity index (χ4n) is 1.87. The molecule has 0 saturated carbocycles. The third kappa shape index (κ3) is 4.25. The van der Waals surface area contributed by atoms with Gasteiger partial charge in [0.25, 0.3) is 0 Å². The van der Waals surface area contributed by atoms with Crippen molar-refractivity contribution in [2.24, 2.45) is 0 Å². The van der Waals surface area contributed by atoms with E-state index < -0.39 is 22.0 Å². The molecule has 1 aromatic carbocycles. The van der Waals surface area contributed by atoms with Crippen molar-refractivity contribution < 1.29 is 22.7 Å². The molecule has 8 heteroatoms. The van der Waals surface area contributed by atoms with Crippen molar-refractivity contribution in [2.45, 2.75) is 19.9 Å². The quantitative estimate of drug-likeness (QED) is 0.744. The van der Waals surface area contributed by atoms with E-state index in [-0.39, 0.29) is 12.3 Å². The lowest BCUT2D eigenvalue weighted by molar-refractivity contribution is -0.144. The van der Waals surface area contributed by atoms with E-state index in [0.717, 1.165) is 10.6 Å². The molecule has 1 aromatic rings. The molecule has 1 atom stereocenters. The van der Waals surface area contributed by atoms with Crippen LogP contribution in [0.25, 0.3) is 0 Å². The van der Waals surface area contributed by atoms with Gasteiger partial charge >= 0.3 is 5.97 Å². The van der Waals surface area contributed by atoms with E-state index in [4.69, 9.17) is 21.1 Å². The molecule has 0 aliphatic carbocycles. The first kappa shape index (κ1) is 17.6. The van der Waals surface area contributed by atoms with Crippen molar-refractivity contribution in [1.82, 2.24) is 0 Å². The van der Waals surface area contributed by atoms with E-state index in [2.05, 4.69) is 0 Å². The van der Waals surface area contributed by atoms with E-state index in [1.165, 1.54) is 26.2 Å². The number of carbonyl (C=O) groups excluding carboxylic acids is 1. The summed E-state index contributed by atoms with van der Waals surface area (Å²) < 4.78 is 35.1. The smallest absolute Gasteiger partial charge is 0.329 e. The number of benzene rings is 1. The van der Waals surface area contributed by atoms with Crippen LogP contribution in [0.2, 0.25) is 5.02 Å². The standard InChI is InChI=1S/C13H18ClNO5S/c1-5-20-13(16)9(2)15(21(4,17)18)11-8-10(14)6-7-12(11)19-3/h6-9H,5H2,1-4H3/t9-/m0/s1. The van der Waals surface area contributed by atoms with Crippen LogP contribution in [0, 0.1) is 0 Å². The van der Waals surface area contributed by atoms with Crippen LogP contribution in [0.1, 0.15) is 13.8 Å². The van der Waals surface area contributed by atoms with E-state index in [1.54, 1.807) is 13.0 Å². The lowest BCUT2D eigenvalue weighted by atomic mass is 10.2. The second-order valence-electron chi connectivity index (χ2n) is 4.30. The number of hydrogen-bond donors (Lipinski definition) is 0. The lowest BCUT2D eigenvalue weighted by Crippen LogP contribution is -2.44. The summed E-state index contributed by atoms with van der Waals surface area (Å²) in [5, 5.41) is 0.329. The van der Waals surface area contributed by atoms with Gasteiger partial charge in [-0.25, -0.2) is 13.2 Å². The number of methoxy groups -OCH3 is 1. The van der Waals surface area contributed by atoms with Crippen molar-refractivity contribution in [2.75, 3.05) is 24.3 Å². The van der Waals surface area contributed by atoms with E-state index in [9.17, 15) is 13.2 Å². The molecule has 0 unspecified atom stereocenters. The first-order chi connectivity index (χ1) is 9.72. The first-order valence-electron chi connectivity index (χ1n) is 6.22. The maximum Gasteiger partial charge on any atom is 0.329 e. The second kappa shape index (κ2) is 7.00. The fourth-order valence-corrected chi connectivity index (χ4v) is 3.20. The topological polar surface area (TPSA) is 72.9 Å².